The first-order valence-corrected chi connectivity index (χ1v) is 7.02. The van der Waals surface area contributed by atoms with E-state index in [4.69, 9.17) is 18.0 Å². The van der Waals surface area contributed by atoms with Gasteiger partial charge >= 0.3 is 0 Å². The molecule has 1 heterocycles. The summed E-state index contributed by atoms with van der Waals surface area (Å²) in [4.78, 5) is 16.6. The van der Waals surface area contributed by atoms with E-state index in [1.807, 2.05) is 11.0 Å². The molecule has 1 aliphatic heterocycles. The second-order valence-electron chi connectivity index (χ2n) is 4.93. The van der Waals surface area contributed by atoms with E-state index in [0.717, 1.165) is 13.1 Å². The van der Waals surface area contributed by atoms with Crippen molar-refractivity contribution in [3.05, 3.63) is 29.8 Å². The van der Waals surface area contributed by atoms with Crippen molar-refractivity contribution in [3.8, 4) is 5.75 Å². The van der Waals surface area contributed by atoms with Crippen LogP contribution in [0.15, 0.2) is 24.3 Å². The fourth-order valence-electron chi connectivity index (χ4n) is 2.31. The van der Waals surface area contributed by atoms with E-state index >= 15 is 0 Å². The number of amides is 1. The number of hydrogen-bond acceptors (Lipinski definition) is 4. The van der Waals surface area contributed by atoms with Crippen LogP contribution in [0.1, 0.15) is 5.56 Å². The predicted octanol–water partition coefficient (Wildman–Crippen LogP) is 0.365. The summed E-state index contributed by atoms with van der Waals surface area (Å²) in [7, 11) is 0. The standard InChI is InChI=1S/C14H19N3O2S/c15-13(20)10-16-5-7-17(8-6-16)14(19)9-11-3-1-2-4-12(11)18/h1-4,18H,5-10H2,(H2,15,20). The van der Waals surface area contributed by atoms with E-state index in [9.17, 15) is 9.90 Å². The van der Waals surface area contributed by atoms with Gasteiger partial charge in [-0.25, -0.2) is 0 Å². The first-order valence-electron chi connectivity index (χ1n) is 6.61. The molecule has 1 saturated heterocycles. The molecule has 0 spiro atoms. The highest BCUT2D eigenvalue weighted by atomic mass is 32.1. The van der Waals surface area contributed by atoms with E-state index < -0.39 is 0 Å². The van der Waals surface area contributed by atoms with Crippen molar-refractivity contribution in [2.24, 2.45) is 5.73 Å². The molecule has 108 valence electrons. The van der Waals surface area contributed by atoms with Crippen LogP contribution in [0.3, 0.4) is 0 Å². The minimum absolute atomic E-state index is 0.0430. The zero-order valence-corrected chi connectivity index (χ0v) is 12.1. The number of piperazine rings is 1. The summed E-state index contributed by atoms with van der Waals surface area (Å²) < 4.78 is 0. The van der Waals surface area contributed by atoms with Crippen LogP contribution in [-0.2, 0) is 11.2 Å². The summed E-state index contributed by atoms with van der Waals surface area (Å²) in [6, 6.07) is 6.94. The summed E-state index contributed by atoms with van der Waals surface area (Å²) in [6.45, 7) is 3.52. The highest BCUT2D eigenvalue weighted by Gasteiger charge is 2.21. The topological polar surface area (TPSA) is 69.8 Å². The molecule has 6 heteroatoms. The summed E-state index contributed by atoms with van der Waals surface area (Å²) in [6.07, 6.45) is 0.238. The minimum Gasteiger partial charge on any atom is -0.508 e. The highest BCUT2D eigenvalue weighted by molar-refractivity contribution is 7.80. The van der Waals surface area contributed by atoms with Crippen molar-refractivity contribution in [1.29, 1.82) is 0 Å². The number of thiocarbonyl (C=S) groups is 1. The third-order valence-corrected chi connectivity index (χ3v) is 3.57. The third kappa shape index (κ3) is 3.91. The molecule has 0 bridgehead atoms. The Morgan fingerprint density at radius 2 is 1.90 bits per heavy atom. The van der Waals surface area contributed by atoms with Gasteiger partial charge in [-0.2, -0.15) is 0 Å². The van der Waals surface area contributed by atoms with Crippen molar-refractivity contribution >= 4 is 23.1 Å². The first kappa shape index (κ1) is 14.7. The lowest BCUT2D eigenvalue weighted by atomic mass is 10.1. The molecule has 0 aromatic heterocycles. The molecule has 0 radical (unpaired) electrons. The average Bonchev–Trinajstić information content (AvgIpc) is 2.41. The van der Waals surface area contributed by atoms with Gasteiger partial charge in [-0.15, -0.1) is 0 Å². The molecule has 5 nitrogen and oxygen atoms in total. The van der Waals surface area contributed by atoms with Crippen LogP contribution in [0, 0.1) is 0 Å². The SMILES string of the molecule is NC(=S)CN1CCN(C(=O)Cc2ccccc2O)CC1. The number of benzene rings is 1. The molecule has 1 fully saturated rings. The van der Waals surface area contributed by atoms with Gasteiger partial charge < -0.3 is 15.7 Å². The zero-order chi connectivity index (χ0) is 14.5. The maximum atomic E-state index is 12.2. The van der Waals surface area contributed by atoms with Crippen LogP contribution in [0.4, 0.5) is 0 Å². The van der Waals surface area contributed by atoms with Crippen LogP contribution < -0.4 is 5.73 Å². The number of nitrogens with two attached hydrogens (primary N) is 1. The smallest absolute Gasteiger partial charge is 0.227 e. The molecule has 3 N–H and O–H groups in total. The van der Waals surface area contributed by atoms with Crippen LogP contribution in [-0.4, -0.2) is 58.5 Å². The monoisotopic (exact) mass is 293 g/mol. The Morgan fingerprint density at radius 3 is 2.50 bits per heavy atom. The number of nitrogens with zero attached hydrogens (tertiary/aromatic N) is 2. The number of phenols is 1. The molecule has 2 rings (SSSR count). The Morgan fingerprint density at radius 1 is 1.25 bits per heavy atom. The number of hydrogen-bond donors (Lipinski definition) is 2. The van der Waals surface area contributed by atoms with E-state index in [1.54, 1.807) is 18.2 Å². The van der Waals surface area contributed by atoms with Gasteiger partial charge in [0.05, 0.1) is 11.4 Å². The molecule has 0 saturated carbocycles. The molecule has 1 aromatic rings. The lowest BCUT2D eigenvalue weighted by molar-refractivity contribution is -0.132. The van der Waals surface area contributed by atoms with E-state index in [0.29, 0.717) is 30.2 Å². The second-order valence-corrected chi connectivity index (χ2v) is 5.45. The number of para-hydroxylation sites is 1. The van der Waals surface area contributed by atoms with Gasteiger partial charge in [0, 0.05) is 38.3 Å². The van der Waals surface area contributed by atoms with Crippen molar-refractivity contribution in [1.82, 2.24) is 9.80 Å². The quantitative estimate of drug-likeness (QED) is 0.785. The highest BCUT2D eigenvalue weighted by Crippen LogP contribution is 2.17. The zero-order valence-electron chi connectivity index (χ0n) is 11.3. The van der Waals surface area contributed by atoms with E-state index in [-0.39, 0.29) is 18.1 Å². The number of phenolic OH excluding ortho intramolecular Hbond substituents is 1. The number of carbonyl (C=O) groups is 1. The number of carbonyl (C=O) groups excluding carboxylic acids is 1. The maximum absolute atomic E-state index is 12.2. The van der Waals surface area contributed by atoms with Crippen LogP contribution in [0.25, 0.3) is 0 Å². The molecule has 0 atom stereocenters. The molecular formula is C14H19N3O2S. The summed E-state index contributed by atoms with van der Waals surface area (Å²) in [5, 5.41) is 9.69. The van der Waals surface area contributed by atoms with E-state index in [1.165, 1.54) is 0 Å². The molecule has 1 aliphatic rings. The average molecular weight is 293 g/mol. The predicted molar refractivity (Wildman–Crippen MR) is 81.6 cm³/mol. The summed E-state index contributed by atoms with van der Waals surface area (Å²) in [5.41, 5.74) is 6.19. The fourth-order valence-corrected chi connectivity index (χ4v) is 2.49. The van der Waals surface area contributed by atoms with Crippen molar-refractivity contribution < 1.29 is 9.90 Å². The van der Waals surface area contributed by atoms with Gasteiger partial charge in [0.1, 0.15) is 5.75 Å². The lowest BCUT2D eigenvalue weighted by Gasteiger charge is -2.34. The Labute approximate surface area is 124 Å². The molecule has 0 aliphatic carbocycles. The van der Waals surface area contributed by atoms with Gasteiger partial charge in [-0.3, -0.25) is 9.69 Å². The van der Waals surface area contributed by atoms with E-state index in [2.05, 4.69) is 4.90 Å². The van der Waals surface area contributed by atoms with Gasteiger partial charge in [0.15, 0.2) is 0 Å². The Hall–Kier alpha value is -1.66. The Kier molecular flexibility index (Phi) is 4.92. The summed E-state index contributed by atoms with van der Waals surface area (Å²) >= 11 is 4.89. The van der Waals surface area contributed by atoms with Gasteiger partial charge in [0.2, 0.25) is 5.91 Å². The van der Waals surface area contributed by atoms with Gasteiger partial charge in [0.25, 0.3) is 0 Å². The third-order valence-electron chi connectivity index (χ3n) is 3.44. The van der Waals surface area contributed by atoms with Crippen molar-refractivity contribution in [2.45, 2.75) is 6.42 Å². The Balaban J connectivity index is 1.86. The largest absolute Gasteiger partial charge is 0.508 e. The van der Waals surface area contributed by atoms with Crippen LogP contribution >= 0.6 is 12.2 Å². The maximum Gasteiger partial charge on any atom is 0.227 e. The van der Waals surface area contributed by atoms with Gasteiger partial charge in [-0.05, 0) is 6.07 Å². The molecule has 1 aromatic carbocycles. The first-order chi connectivity index (χ1) is 9.56. The van der Waals surface area contributed by atoms with Crippen LogP contribution in [0.2, 0.25) is 0 Å². The lowest BCUT2D eigenvalue weighted by Crippen LogP contribution is -2.50. The Bertz CT molecular complexity index is 499. The number of aromatic hydroxyl groups is 1. The normalized spacial score (nSPS) is 16.1. The molecule has 0 unspecified atom stereocenters. The van der Waals surface area contributed by atoms with Crippen molar-refractivity contribution in [3.63, 3.8) is 0 Å². The van der Waals surface area contributed by atoms with Crippen LogP contribution in [0.5, 0.6) is 5.75 Å². The summed E-state index contributed by atoms with van der Waals surface area (Å²) in [5.74, 6) is 0.217. The minimum atomic E-state index is 0.0430. The second kappa shape index (κ2) is 6.67. The molecule has 20 heavy (non-hydrogen) atoms. The number of rotatable bonds is 4. The van der Waals surface area contributed by atoms with Crippen molar-refractivity contribution in [2.75, 3.05) is 32.7 Å². The molecule has 1 amide bonds. The molecular weight excluding hydrogens is 274 g/mol. The fraction of sp³-hybridized carbons (Fsp3) is 0.429. The van der Waals surface area contributed by atoms with Gasteiger partial charge in [-0.1, -0.05) is 30.4 Å².